The Labute approximate surface area is 210 Å². The standard InChI is InChI=1S/C27H26ClN3O3S/c1-35(32,33)34-15-14-18-6-12-22(13-7-18)30-27-29-17-20-16-25(19-8-10-21(28)11-9-19)23-4-2-3-5-24(23)26(20)31-27/h2-6,8-12,17-18,25H,7,13-16H2,1H3. The number of fused-ring (bicyclic) bond motifs is 3. The van der Waals surface area contributed by atoms with Gasteiger partial charge in [-0.25, -0.2) is 15.0 Å². The number of hydrogen-bond acceptors (Lipinski definition) is 6. The molecular formula is C27H26ClN3O3S. The van der Waals surface area contributed by atoms with Crippen LogP contribution in [0.4, 0.5) is 5.95 Å². The number of halogens is 1. The molecule has 8 heteroatoms. The van der Waals surface area contributed by atoms with Crippen molar-refractivity contribution in [2.24, 2.45) is 10.9 Å². The second kappa shape index (κ2) is 10.0. The highest BCUT2D eigenvalue weighted by Gasteiger charge is 2.27. The van der Waals surface area contributed by atoms with Crippen LogP contribution < -0.4 is 0 Å². The lowest BCUT2D eigenvalue weighted by Gasteiger charge is -2.27. The van der Waals surface area contributed by atoms with Crippen LogP contribution in [0.2, 0.25) is 5.02 Å². The molecule has 0 amide bonds. The molecule has 0 aliphatic heterocycles. The fraction of sp³-hybridized carbons (Fsp3) is 0.296. The van der Waals surface area contributed by atoms with E-state index in [0.29, 0.717) is 12.4 Å². The Balaban J connectivity index is 1.36. The van der Waals surface area contributed by atoms with Crippen LogP contribution in [-0.4, -0.2) is 37.0 Å². The summed E-state index contributed by atoms with van der Waals surface area (Å²) in [5.74, 6) is 0.959. The molecule has 180 valence electrons. The van der Waals surface area contributed by atoms with Crippen molar-refractivity contribution in [1.82, 2.24) is 9.97 Å². The van der Waals surface area contributed by atoms with Gasteiger partial charge in [0.2, 0.25) is 5.95 Å². The van der Waals surface area contributed by atoms with Crippen LogP contribution in [0.25, 0.3) is 11.3 Å². The van der Waals surface area contributed by atoms with E-state index in [2.05, 4.69) is 41.4 Å². The molecule has 2 aliphatic rings. The molecule has 0 spiro atoms. The van der Waals surface area contributed by atoms with Crippen LogP contribution in [-0.2, 0) is 20.7 Å². The third-order valence-electron chi connectivity index (χ3n) is 6.50. The van der Waals surface area contributed by atoms with Gasteiger partial charge < -0.3 is 0 Å². The van der Waals surface area contributed by atoms with Gasteiger partial charge in [0.25, 0.3) is 10.1 Å². The first-order valence-electron chi connectivity index (χ1n) is 11.7. The van der Waals surface area contributed by atoms with E-state index in [1.165, 1.54) is 11.1 Å². The Kier molecular flexibility index (Phi) is 6.82. The fourth-order valence-electron chi connectivity index (χ4n) is 4.75. The summed E-state index contributed by atoms with van der Waals surface area (Å²) in [4.78, 5) is 14.1. The summed E-state index contributed by atoms with van der Waals surface area (Å²) in [5, 5.41) is 0.732. The van der Waals surface area contributed by atoms with Crippen molar-refractivity contribution in [2.75, 3.05) is 12.9 Å². The third kappa shape index (κ3) is 5.69. The van der Waals surface area contributed by atoms with Crippen molar-refractivity contribution in [3.8, 4) is 11.3 Å². The highest BCUT2D eigenvalue weighted by molar-refractivity contribution is 7.85. The third-order valence-corrected chi connectivity index (χ3v) is 7.35. The van der Waals surface area contributed by atoms with Crippen molar-refractivity contribution in [3.63, 3.8) is 0 Å². The molecule has 5 rings (SSSR count). The van der Waals surface area contributed by atoms with Gasteiger partial charge in [0.1, 0.15) is 0 Å². The molecule has 3 aromatic rings. The summed E-state index contributed by atoms with van der Waals surface area (Å²) in [7, 11) is -3.40. The molecule has 0 radical (unpaired) electrons. The number of rotatable bonds is 6. The molecule has 2 unspecified atom stereocenters. The Bertz CT molecular complexity index is 1400. The number of nitrogens with zero attached hydrogens (tertiary/aromatic N) is 3. The Hall–Kier alpha value is -2.87. The lowest BCUT2D eigenvalue weighted by Crippen LogP contribution is -2.14. The van der Waals surface area contributed by atoms with Crippen molar-refractivity contribution >= 4 is 33.4 Å². The van der Waals surface area contributed by atoms with Crippen molar-refractivity contribution in [2.45, 2.75) is 31.6 Å². The average Bonchev–Trinajstić information content (AvgIpc) is 2.85. The molecule has 0 N–H and O–H groups in total. The predicted octanol–water partition coefficient (Wildman–Crippen LogP) is 5.89. The summed E-state index contributed by atoms with van der Waals surface area (Å²) >= 11 is 6.11. The van der Waals surface area contributed by atoms with E-state index in [-0.39, 0.29) is 18.4 Å². The van der Waals surface area contributed by atoms with Crippen molar-refractivity contribution in [3.05, 3.63) is 88.6 Å². The first kappa shape index (κ1) is 23.9. The summed E-state index contributed by atoms with van der Waals surface area (Å²) < 4.78 is 27.1. The van der Waals surface area contributed by atoms with E-state index in [1.54, 1.807) is 0 Å². The van der Waals surface area contributed by atoms with Gasteiger partial charge in [-0.05, 0) is 66.5 Å². The number of hydrogen-bond donors (Lipinski definition) is 0. The number of allylic oxidation sites excluding steroid dienone is 2. The van der Waals surface area contributed by atoms with E-state index < -0.39 is 10.1 Å². The Morgan fingerprint density at radius 3 is 2.69 bits per heavy atom. The van der Waals surface area contributed by atoms with Crippen LogP contribution in [0.1, 0.15) is 41.9 Å². The first-order valence-corrected chi connectivity index (χ1v) is 13.9. The topological polar surface area (TPSA) is 81.5 Å². The summed E-state index contributed by atoms with van der Waals surface area (Å²) in [6.07, 6.45) is 10.2. The smallest absolute Gasteiger partial charge is 0.264 e. The molecule has 0 fully saturated rings. The Morgan fingerprint density at radius 1 is 1.14 bits per heavy atom. The molecule has 0 saturated carbocycles. The predicted molar refractivity (Wildman–Crippen MR) is 139 cm³/mol. The minimum absolute atomic E-state index is 0.199. The second-order valence-electron chi connectivity index (χ2n) is 9.02. The highest BCUT2D eigenvalue weighted by Crippen LogP contribution is 2.42. The van der Waals surface area contributed by atoms with Crippen molar-refractivity contribution in [1.29, 1.82) is 0 Å². The Morgan fingerprint density at radius 2 is 1.94 bits per heavy atom. The molecular weight excluding hydrogens is 482 g/mol. The van der Waals surface area contributed by atoms with Gasteiger partial charge in [-0.2, -0.15) is 8.42 Å². The van der Waals surface area contributed by atoms with E-state index >= 15 is 0 Å². The zero-order valence-corrected chi connectivity index (χ0v) is 21.0. The number of aliphatic imine (C=N–C) groups is 1. The molecule has 0 bridgehead atoms. The van der Waals surface area contributed by atoms with Gasteiger partial charge in [0.05, 0.1) is 18.6 Å². The minimum atomic E-state index is -3.40. The van der Waals surface area contributed by atoms with E-state index in [1.807, 2.05) is 30.5 Å². The number of benzene rings is 2. The van der Waals surface area contributed by atoms with Gasteiger partial charge in [0, 0.05) is 28.4 Å². The minimum Gasteiger partial charge on any atom is -0.270 e. The van der Waals surface area contributed by atoms with Gasteiger partial charge in [0.15, 0.2) is 0 Å². The van der Waals surface area contributed by atoms with E-state index in [4.69, 9.17) is 25.8 Å². The molecule has 0 saturated heterocycles. The molecule has 2 aromatic carbocycles. The number of aromatic nitrogens is 2. The zero-order valence-electron chi connectivity index (χ0n) is 19.4. The van der Waals surface area contributed by atoms with E-state index in [9.17, 15) is 8.42 Å². The summed E-state index contributed by atoms with van der Waals surface area (Å²) in [5.41, 5.74) is 6.56. The quantitative estimate of drug-likeness (QED) is 0.388. The van der Waals surface area contributed by atoms with Gasteiger partial charge >= 0.3 is 0 Å². The molecule has 1 heterocycles. The maximum absolute atomic E-state index is 11.1. The van der Waals surface area contributed by atoms with Crippen LogP contribution in [0.3, 0.4) is 0 Å². The maximum atomic E-state index is 11.1. The van der Waals surface area contributed by atoms with Crippen molar-refractivity contribution < 1.29 is 12.6 Å². The zero-order chi connectivity index (χ0) is 24.4. The van der Waals surface area contributed by atoms with Crippen LogP contribution in [0.5, 0.6) is 0 Å². The molecule has 1 aromatic heterocycles. The normalized spacial score (nSPS) is 20.5. The molecule has 2 atom stereocenters. The molecule has 35 heavy (non-hydrogen) atoms. The van der Waals surface area contributed by atoms with E-state index in [0.717, 1.165) is 53.1 Å². The summed E-state index contributed by atoms with van der Waals surface area (Å²) in [6.45, 7) is 0.199. The average molecular weight is 508 g/mol. The SMILES string of the molecule is CS(=O)(=O)OCCC1C=CC(=Nc2ncc3c(n2)-c2ccccc2C(c2ccc(Cl)cc2)C3)CC1. The van der Waals surface area contributed by atoms with Crippen LogP contribution in [0.15, 0.2) is 71.9 Å². The molecule has 2 aliphatic carbocycles. The van der Waals surface area contributed by atoms with Crippen LogP contribution in [0, 0.1) is 5.92 Å². The lowest BCUT2D eigenvalue weighted by atomic mass is 9.78. The monoisotopic (exact) mass is 507 g/mol. The largest absolute Gasteiger partial charge is 0.270 e. The summed E-state index contributed by atoms with van der Waals surface area (Å²) in [6, 6.07) is 16.4. The van der Waals surface area contributed by atoms with Gasteiger partial charge in [-0.1, -0.05) is 54.1 Å². The molecule has 6 nitrogen and oxygen atoms in total. The second-order valence-corrected chi connectivity index (χ2v) is 11.1. The van der Waals surface area contributed by atoms with Crippen LogP contribution >= 0.6 is 11.6 Å². The fourth-order valence-corrected chi connectivity index (χ4v) is 5.27. The highest BCUT2D eigenvalue weighted by atomic mass is 35.5. The van der Waals surface area contributed by atoms with Gasteiger partial charge in [-0.15, -0.1) is 0 Å². The maximum Gasteiger partial charge on any atom is 0.264 e. The lowest BCUT2D eigenvalue weighted by molar-refractivity contribution is 0.294. The first-order chi connectivity index (χ1) is 16.9. The van der Waals surface area contributed by atoms with Gasteiger partial charge in [-0.3, -0.25) is 4.18 Å².